The van der Waals surface area contributed by atoms with Gasteiger partial charge in [-0.2, -0.15) is 9.61 Å². The largest absolute Gasteiger partial charge is 0.322 e. The molecule has 1 aromatic carbocycles. The van der Waals surface area contributed by atoms with Crippen molar-refractivity contribution in [1.29, 1.82) is 0 Å². The van der Waals surface area contributed by atoms with E-state index in [1.165, 1.54) is 23.5 Å². The van der Waals surface area contributed by atoms with Crippen molar-refractivity contribution >= 4 is 22.0 Å². The Morgan fingerprint density at radius 1 is 1.45 bits per heavy atom. The van der Waals surface area contributed by atoms with Gasteiger partial charge in [-0.05, 0) is 6.92 Å². The van der Waals surface area contributed by atoms with Gasteiger partial charge >= 0.3 is 0 Å². The van der Waals surface area contributed by atoms with Crippen molar-refractivity contribution in [2.24, 2.45) is 5.73 Å². The van der Waals surface area contributed by atoms with E-state index >= 15 is 0 Å². The third-order valence-corrected chi connectivity index (χ3v) is 3.81. The van der Waals surface area contributed by atoms with Crippen molar-refractivity contribution in [1.82, 2.24) is 19.8 Å². The molecule has 0 unspecified atom stereocenters. The molecule has 0 aliphatic heterocycles. The van der Waals surface area contributed by atoms with Crippen molar-refractivity contribution in [2.75, 3.05) is 0 Å². The zero-order valence-corrected chi connectivity index (χ0v) is 11.2. The van der Waals surface area contributed by atoms with Crippen molar-refractivity contribution in [3.05, 3.63) is 39.4 Å². The maximum atomic E-state index is 10.8. The summed E-state index contributed by atoms with van der Waals surface area (Å²) in [6, 6.07) is 6.01. The zero-order chi connectivity index (χ0) is 14.3. The van der Waals surface area contributed by atoms with Gasteiger partial charge in [-0.3, -0.25) is 10.1 Å². The van der Waals surface area contributed by atoms with Crippen LogP contribution in [0.2, 0.25) is 0 Å². The average molecular weight is 290 g/mol. The minimum Gasteiger partial charge on any atom is -0.322 e. The molecule has 0 radical (unpaired) electrons. The molecule has 2 N–H and O–H groups in total. The number of nitro benzene ring substituents is 1. The average Bonchev–Trinajstić information content (AvgIpc) is 2.98. The smallest absolute Gasteiger partial charge is 0.270 e. The molecule has 0 bridgehead atoms. The summed E-state index contributed by atoms with van der Waals surface area (Å²) in [6.07, 6.45) is 0. The second kappa shape index (κ2) is 4.62. The normalized spacial score (nSPS) is 12.7. The summed E-state index contributed by atoms with van der Waals surface area (Å²) in [5.41, 5.74) is 6.38. The second-order valence-corrected chi connectivity index (χ2v) is 5.24. The Morgan fingerprint density at radius 2 is 2.25 bits per heavy atom. The van der Waals surface area contributed by atoms with E-state index in [-0.39, 0.29) is 11.7 Å². The highest BCUT2D eigenvalue weighted by Crippen LogP contribution is 2.25. The Labute approximate surface area is 117 Å². The number of fused-ring (bicyclic) bond motifs is 1. The van der Waals surface area contributed by atoms with Gasteiger partial charge < -0.3 is 5.73 Å². The quantitative estimate of drug-likeness (QED) is 0.581. The zero-order valence-electron chi connectivity index (χ0n) is 10.4. The minimum absolute atomic E-state index is 0.00176. The Hall–Kier alpha value is -2.39. The summed E-state index contributed by atoms with van der Waals surface area (Å²) in [4.78, 5) is 11.0. The molecule has 0 saturated heterocycles. The van der Waals surface area contributed by atoms with E-state index < -0.39 is 4.92 Å². The van der Waals surface area contributed by atoms with E-state index in [0.717, 1.165) is 5.01 Å². The van der Waals surface area contributed by atoms with Crippen molar-refractivity contribution in [3.63, 3.8) is 0 Å². The van der Waals surface area contributed by atoms with Crippen LogP contribution < -0.4 is 5.73 Å². The van der Waals surface area contributed by atoms with Crippen molar-refractivity contribution in [3.8, 4) is 11.4 Å². The fourth-order valence-corrected chi connectivity index (χ4v) is 2.55. The van der Waals surface area contributed by atoms with Crippen LogP contribution in [0.3, 0.4) is 0 Å². The third-order valence-electron chi connectivity index (χ3n) is 2.71. The van der Waals surface area contributed by atoms with E-state index in [1.807, 2.05) is 6.92 Å². The molecule has 2 heterocycles. The minimum atomic E-state index is -0.448. The molecular weight excluding hydrogens is 280 g/mol. The molecule has 1 atom stereocenters. The molecule has 8 nitrogen and oxygen atoms in total. The Kier molecular flexibility index (Phi) is 2.92. The van der Waals surface area contributed by atoms with Crippen LogP contribution in [-0.4, -0.2) is 24.7 Å². The Balaban J connectivity index is 2.14. The maximum absolute atomic E-state index is 10.8. The number of nitrogens with two attached hydrogens (primary N) is 1. The van der Waals surface area contributed by atoms with Crippen LogP contribution in [0.5, 0.6) is 0 Å². The molecule has 3 rings (SSSR count). The van der Waals surface area contributed by atoms with Gasteiger partial charge in [0.25, 0.3) is 5.69 Å². The van der Waals surface area contributed by atoms with Gasteiger partial charge in [-0.1, -0.05) is 23.5 Å². The molecule has 0 saturated carbocycles. The first-order chi connectivity index (χ1) is 9.56. The molecule has 20 heavy (non-hydrogen) atoms. The fraction of sp³-hybridized carbons (Fsp3) is 0.182. The standard InChI is InChI=1S/C11H10N6O2S/c1-6(12)10-15-16-9(13-14-11(16)20-10)7-3-2-4-8(5-7)17(18)19/h2-6H,12H2,1H3/t6-/m0/s1. The number of nitro groups is 1. The first-order valence-corrected chi connectivity index (χ1v) is 6.60. The highest BCUT2D eigenvalue weighted by molar-refractivity contribution is 7.16. The number of hydrogen-bond donors (Lipinski definition) is 1. The van der Waals surface area contributed by atoms with E-state index in [2.05, 4.69) is 15.3 Å². The highest BCUT2D eigenvalue weighted by Gasteiger charge is 2.16. The number of non-ortho nitro benzene ring substituents is 1. The lowest BCUT2D eigenvalue weighted by Gasteiger charge is -1.98. The van der Waals surface area contributed by atoms with Gasteiger partial charge in [0.05, 0.1) is 11.0 Å². The molecule has 0 spiro atoms. The first kappa shape index (κ1) is 12.6. The number of aromatic nitrogens is 4. The van der Waals surface area contributed by atoms with Crippen LogP contribution in [0.1, 0.15) is 18.0 Å². The van der Waals surface area contributed by atoms with Crippen LogP contribution in [0, 0.1) is 10.1 Å². The van der Waals surface area contributed by atoms with E-state index in [0.29, 0.717) is 16.3 Å². The lowest BCUT2D eigenvalue weighted by atomic mass is 10.2. The SMILES string of the molecule is C[C@H](N)c1nn2c(-c3cccc([N+](=O)[O-])c3)nnc2s1. The number of nitrogens with zero attached hydrogens (tertiary/aromatic N) is 5. The summed E-state index contributed by atoms with van der Waals surface area (Å²) < 4.78 is 1.56. The lowest BCUT2D eigenvalue weighted by Crippen LogP contribution is -2.05. The third kappa shape index (κ3) is 2.02. The summed E-state index contributed by atoms with van der Waals surface area (Å²) in [6.45, 7) is 1.83. The molecule has 0 amide bonds. The summed E-state index contributed by atoms with van der Waals surface area (Å²) in [7, 11) is 0. The highest BCUT2D eigenvalue weighted by atomic mass is 32.1. The van der Waals surface area contributed by atoms with Gasteiger partial charge in [0.2, 0.25) is 4.96 Å². The van der Waals surface area contributed by atoms with Crippen LogP contribution >= 0.6 is 11.3 Å². The van der Waals surface area contributed by atoms with E-state index in [9.17, 15) is 10.1 Å². The Bertz CT molecular complexity index is 793. The molecule has 9 heteroatoms. The van der Waals surface area contributed by atoms with Crippen LogP contribution in [-0.2, 0) is 0 Å². The predicted molar refractivity (Wildman–Crippen MR) is 73.4 cm³/mol. The van der Waals surface area contributed by atoms with E-state index in [1.54, 1.807) is 16.6 Å². The first-order valence-electron chi connectivity index (χ1n) is 5.79. The number of hydrogen-bond acceptors (Lipinski definition) is 7. The van der Waals surface area contributed by atoms with Gasteiger partial charge in [0.1, 0.15) is 5.01 Å². The summed E-state index contributed by atoms with van der Waals surface area (Å²) in [5, 5.41) is 23.9. The van der Waals surface area contributed by atoms with Gasteiger partial charge in [0.15, 0.2) is 5.82 Å². The molecule has 102 valence electrons. The second-order valence-electron chi connectivity index (χ2n) is 4.25. The molecule has 2 aromatic heterocycles. The molecule has 0 aliphatic carbocycles. The summed E-state index contributed by atoms with van der Waals surface area (Å²) in [5.74, 6) is 0.465. The van der Waals surface area contributed by atoms with Crippen molar-refractivity contribution in [2.45, 2.75) is 13.0 Å². The summed E-state index contributed by atoms with van der Waals surface area (Å²) >= 11 is 1.35. The predicted octanol–water partition coefficient (Wildman–Crippen LogP) is 1.78. The topological polar surface area (TPSA) is 112 Å². The van der Waals surface area contributed by atoms with E-state index in [4.69, 9.17) is 5.73 Å². The van der Waals surface area contributed by atoms with Gasteiger partial charge in [-0.25, -0.2) is 0 Å². The number of rotatable bonds is 3. The maximum Gasteiger partial charge on any atom is 0.270 e. The van der Waals surface area contributed by atoms with Crippen LogP contribution in [0.4, 0.5) is 5.69 Å². The van der Waals surface area contributed by atoms with Crippen LogP contribution in [0.15, 0.2) is 24.3 Å². The molecular formula is C11H10N6O2S. The molecule has 0 fully saturated rings. The van der Waals surface area contributed by atoms with Crippen LogP contribution in [0.25, 0.3) is 16.3 Å². The monoisotopic (exact) mass is 290 g/mol. The fourth-order valence-electron chi connectivity index (χ4n) is 1.75. The lowest BCUT2D eigenvalue weighted by molar-refractivity contribution is -0.384. The molecule has 0 aliphatic rings. The van der Waals surface area contributed by atoms with Gasteiger partial charge in [-0.15, -0.1) is 10.2 Å². The Morgan fingerprint density at radius 3 is 2.95 bits per heavy atom. The molecule has 3 aromatic rings. The number of benzene rings is 1. The van der Waals surface area contributed by atoms with Gasteiger partial charge in [0, 0.05) is 17.7 Å². The van der Waals surface area contributed by atoms with Crippen molar-refractivity contribution < 1.29 is 4.92 Å².